The van der Waals surface area contributed by atoms with Gasteiger partial charge in [-0.05, 0) is 55.2 Å². The first-order valence-corrected chi connectivity index (χ1v) is 20.2. The zero-order valence-corrected chi connectivity index (χ0v) is 33.6. The van der Waals surface area contributed by atoms with Crippen LogP contribution in [-0.4, -0.2) is 124 Å². The molecule has 1 saturated heterocycles. The minimum atomic E-state index is -1.60. The topological polar surface area (TPSA) is 325 Å². The molecule has 8 unspecified atom stereocenters. The molecule has 1 aromatic heterocycles. The van der Waals surface area contributed by atoms with Crippen molar-refractivity contribution < 1.29 is 53.3 Å². The number of amides is 5. The van der Waals surface area contributed by atoms with Gasteiger partial charge in [0.25, 0.3) is 5.56 Å². The third kappa shape index (κ3) is 13.0. The van der Waals surface area contributed by atoms with Crippen molar-refractivity contribution in [3.8, 4) is 11.5 Å². The quantitative estimate of drug-likeness (QED) is 0.0677. The fourth-order valence-electron chi connectivity index (χ4n) is 6.19. The maximum absolute atomic E-state index is 14.0. The Balaban J connectivity index is 1.57. The van der Waals surface area contributed by atoms with Gasteiger partial charge in [0.15, 0.2) is 0 Å². The Labute approximate surface area is 345 Å². The summed E-state index contributed by atoms with van der Waals surface area (Å²) in [5, 5.41) is 49.7. The summed E-state index contributed by atoms with van der Waals surface area (Å²) in [6.07, 6.45) is 0.331. The number of H-pyrrole nitrogens is 1. The van der Waals surface area contributed by atoms with Crippen LogP contribution in [0.15, 0.2) is 82.3 Å². The molecule has 0 saturated carbocycles. The van der Waals surface area contributed by atoms with Gasteiger partial charge in [-0.1, -0.05) is 24.3 Å². The number of ether oxygens (including phenoxy) is 1. The number of aliphatic hydroxyl groups excluding tert-OH is 1. The molecule has 1 fully saturated rings. The van der Waals surface area contributed by atoms with Gasteiger partial charge in [0.2, 0.25) is 23.9 Å². The van der Waals surface area contributed by atoms with E-state index in [1.165, 1.54) is 50.6 Å². The number of phenolic OH excluding ortho intramolecular Hbond substituents is 2. The monoisotopic (exact) mass is 856 g/mol. The van der Waals surface area contributed by atoms with E-state index in [0.717, 1.165) is 27.9 Å². The summed E-state index contributed by atoms with van der Waals surface area (Å²) < 4.78 is 18.7. The second-order valence-corrected chi connectivity index (χ2v) is 15.6. The van der Waals surface area contributed by atoms with Crippen molar-refractivity contribution in [2.45, 2.75) is 75.1 Å². The fraction of sp³-hybridized carbons (Fsp3) is 0.395. The molecule has 0 radical (unpaired) electrons. The zero-order chi connectivity index (χ0) is 44.3. The third-order valence-corrected chi connectivity index (χ3v) is 10.3. The number of phenols is 2. The Hall–Kier alpha value is -6.52. The SMILES string of the molecule is CC(C(NC(=O)C(CCS(C)=O)NC(=O)NC(Cc1cccc(O)c1)C(=O)O)C(=O)NC=C1CC(O)C(n2ccc(=O)[nH]c2=O)O1)N(C)C(=O)C(N)Cc1cccc(O)c1. The Morgan fingerprint density at radius 2 is 1.60 bits per heavy atom. The highest BCUT2D eigenvalue weighted by Crippen LogP contribution is 2.30. The van der Waals surface area contributed by atoms with Gasteiger partial charge >= 0.3 is 17.7 Å². The van der Waals surface area contributed by atoms with Crippen molar-refractivity contribution in [1.29, 1.82) is 0 Å². The number of aromatic nitrogens is 2. The number of aromatic amines is 1. The second-order valence-electron chi connectivity index (χ2n) is 14.1. The van der Waals surface area contributed by atoms with Crippen molar-refractivity contribution in [3.63, 3.8) is 0 Å². The molecule has 0 spiro atoms. The normalized spacial score (nSPS) is 18.4. The molecule has 60 heavy (non-hydrogen) atoms. The molecule has 22 heteroatoms. The van der Waals surface area contributed by atoms with E-state index in [-0.39, 0.29) is 48.7 Å². The summed E-state index contributed by atoms with van der Waals surface area (Å²) in [7, 11) is -0.133. The number of nitrogens with zero attached hydrogens (tertiary/aromatic N) is 2. The number of carbonyl (C=O) groups excluding carboxylic acids is 4. The van der Waals surface area contributed by atoms with E-state index in [0.29, 0.717) is 11.1 Å². The van der Waals surface area contributed by atoms with Crippen LogP contribution in [0.3, 0.4) is 0 Å². The number of rotatable bonds is 18. The van der Waals surface area contributed by atoms with Gasteiger partial charge in [0, 0.05) is 61.2 Å². The third-order valence-electron chi connectivity index (χ3n) is 9.49. The van der Waals surface area contributed by atoms with Crippen LogP contribution < -0.4 is 38.2 Å². The van der Waals surface area contributed by atoms with Crippen molar-refractivity contribution in [2.75, 3.05) is 19.1 Å². The number of benzene rings is 2. The number of hydrogen-bond donors (Lipinski definition) is 10. The van der Waals surface area contributed by atoms with Crippen molar-refractivity contribution in [2.24, 2.45) is 5.73 Å². The number of carboxylic acids is 1. The lowest BCUT2D eigenvalue weighted by Crippen LogP contribution is -2.62. The number of likely N-dealkylation sites (N-methyl/N-ethyl adjacent to an activating group) is 1. The molecule has 4 rings (SSSR count). The number of aliphatic carboxylic acids is 1. The minimum absolute atomic E-state index is 0.00311. The maximum Gasteiger partial charge on any atom is 0.331 e. The smallest absolute Gasteiger partial charge is 0.331 e. The van der Waals surface area contributed by atoms with Crippen LogP contribution in [0.1, 0.15) is 37.1 Å². The van der Waals surface area contributed by atoms with E-state index in [2.05, 4.69) is 21.3 Å². The predicted molar refractivity (Wildman–Crippen MR) is 214 cm³/mol. The number of aromatic hydroxyl groups is 2. The van der Waals surface area contributed by atoms with Crippen LogP contribution in [-0.2, 0) is 47.6 Å². The highest BCUT2D eigenvalue weighted by Gasteiger charge is 2.37. The van der Waals surface area contributed by atoms with Crippen LogP contribution in [0.5, 0.6) is 11.5 Å². The Morgan fingerprint density at radius 3 is 2.18 bits per heavy atom. The molecule has 0 aliphatic carbocycles. The average Bonchev–Trinajstić information content (AvgIpc) is 3.55. The molecular weight excluding hydrogens is 809 g/mol. The highest BCUT2D eigenvalue weighted by molar-refractivity contribution is 7.84. The summed E-state index contributed by atoms with van der Waals surface area (Å²) in [6, 6.07) is 4.85. The first-order chi connectivity index (χ1) is 28.3. The maximum atomic E-state index is 14.0. The number of nitrogens with two attached hydrogens (primary N) is 1. The van der Waals surface area contributed by atoms with E-state index in [1.54, 1.807) is 18.2 Å². The minimum Gasteiger partial charge on any atom is -0.508 e. The van der Waals surface area contributed by atoms with Crippen LogP contribution in [0.2, 0.25) is 0 Å². The lowest BCUT2D eigenvalue weighted by molar-refractivity contribution is -0.139. The first kappa shape index (κ1) is 46.2. The van der Waals surface area contributed by atoms with Crippen molar-refractivity contribution in [1.82, 2.24) is 35.7 Å². The fourth-order valence-corrected chi connectivity index (χ4v) is 6.76. The molecule has 5 amide bonds. The van der Waals surface area contributed by atoms with Gasteiger partial charge < -0.3 is 57.1 Å². The summed E-state index contributed by atoms with van der Waals surface area (Å²) in [6.45, 7) is 1.43. The molecule has 11 N–H and O–H groups in total. The Morgan fingerprint density at radius 1 is 0.983 bits per heavy atom. The largest absolute Gasteiger partial charge is 0.508 e. The highest BCUT2D eigenvalue weighted by atomic mass is 32.2. The number of carbonyl (C=O) groups is 5. The molecule has 2 heterocycles. The van der Waals surface area contributed by atoms with Gasteiger partial charge in [0.1, 0.15) is 41.5 Å². The van der Waals surface area contributed by atoms with Crippen molar-refractivity contribution >= 4 is 40.5 Å². The molecule has 0 bridgehead atoms. The van der Waals surface area contributed by atoms with Crippen LogP contribution >= 0.6 is 0 Å². The van der Waals surface area contributed by atoms with Crippen molar-refractivity contribution in [3.05, 3.63) is 105 Å². The number of nitrogens with one attached hydrogen (secondary N) is 5. The molecular formula is C38H48N8O13S. The summed E-state index contributed by atoms with van der Waals surface area (Å²) in [4.78, 5) is 93.8. The van der Waals surface area contributed by atoms with E-state index < -0.39 is 94.3 Å². The summed E-state index contributed by atoms with van der Waals surface area (Å²) >= 11 is 0. The molecule has 2 aromatic carbocycles. The van der Waals surface area contributed by atoms with Crippen LogP contribution in [0.25, 0.3) is 0 Å². The number of hydrogen-bond acceptors (Lipinski definition) is 13. The van der Waals surface area contributed by atoms with Gasteiger partial charge in [0.05, 0.1) is 12.1 Å². The molecule has 21 nitrogen and oxygen atoms in total. The molecule has 1 aliphatic rings. The van der Waals surface area contributed by atoms with Crippen LogP contribution in [0, 0.1) is 0 Å². The molecule has 8 atom stereocenters. The molecule has 324 valence electrons. The summed E-state index contributed by atoms with van der Waals surface area (Å²) in [5.41, 5.74) is 5.64. The number of aliphatic hydroxyl groups is 1. The number of carboxylic acid groups (broad SMARTS) is 1. The lowest BCUT2D eigenvalue weighted by atomic mass is 10.0. The van der Waals surface area contributed by atoms with E-state index in [1.807, 2.05) is 4.98 Å². The van der Waals surface area contributed by atoms with Gasteiger partial charge in [-0.2, -0.15) is 0 Å². The predicted octanol–water partition coefficient (Wildman–Crippen LogP) is -1.78. The summed E-state index contributed by atoms with van der Waals surface area (Å²) in [5.74, 6) is -4.27. The van der Waals surface area contributed by atoms with E-state index in [9.17, 15) is 58.2 Å². The van der Waals surface area contributed by atoms with Gasteiger partial charge in [-0.25, -0.2) is 14.4 Å². The second kappa shape index (κ2) is 20.9. The van der Waals surface area contributed by atoms with Crippen LogP contribution in [0.4, 0.5) is 4.79 Å². The number of urea groups is 1. The lowest BCUT2D eigenvalue weighted by Gasteiger charge is -2.34. The Kier molecular flexibility index (Phi) is 16.1. The standard InChI is InChI=1S/C38H48N8O13S/c1-20(45(2)34(53)26(39)16-21-6-4-8-23(47)14-21)31(33(52)40-19-25-18-29(49)35(59-25)46-12-10-30(50)43-38(46)57)44-32(51)27(11-13-60(3)58)41-37(56)42-28(36(54)55)17-22-7-5-9-24(48)15-22/h4-10,12,14-15,19-20,26-29,31,35,47-49H,11,13,16-18,39H2,1-3H3,(H,40,52)(H,44,51)(H,54,55)(H2,41,42,56)(H,43,50,57). The molecule has 1 aliphatic heterocycles. The zero-order valence-electron chi connectivity index (χ0n) is 32.8. The first-order valence-electron chi connectivity index (χ1n) is 18.5. The Bertz CT molecular complexity index is 2230. The van der Waals surface area contributed by atoms with Gasteiger partial charge in [-0.15, -0.1) is 0 Å². The van der Waals surface area contributed by atoms with E-state index in [4.69, 9.17) is 10.5 Å². The average molecular weight is 857 g/mol. The van der Waals surface area contributed by atoms with E-state index >= 15 is 0 Å². The molecule has 3 aromatic rings. The van der Waals surface area contributed by atoms with Gasteiger partial charge in [-0.3, -0.25) is 32.9 Å².